The Labute approximate surface area is 137 Å². The molecule has 4 nitrogen and oxygen atoms in total. The number of hydrogen-bond donors (Lipinski definition) is 0. The predicted octanol–water partition coefficient (Wildman–Crippen LogP) is 3.41. The molecule has 4 heteroatoms. The van der Waals surface area contributed by atoms with Crippen molar-refractivity contribution >= 4 is 12.0 Å². The lowest BCUT2D eigenvalue weighted by molar-refractivity contribution is -0.133. The van der Waals surface area contributed by atoms with Gasteiger partial charge in [-0.25, -0.2) is 9.69 Å². The Morgan fingerprint density at radius 2 is 2.17 bits per heavy atom. The molecule has 1 aliphatic heterocycles. The quantitative estimate of drug-likeness (QED) is 0.725. The highest BCUT2D eigenvalue weighted by atomic mass is 16.6. The molecule has 0 spiro atoms. The summed E-state index contributed by atoms with van der Waals surface area (Å²) in [5.74, 6) is 2.06. The Bertz CT molecular complexity index is 576. The summed E-state index contributed by atoms with van der Waals surface area (Å²) in [5, 5.41) is 0. The summed E-state index contributed by atoms with van der Waals surface area (Å²) in [6.45, 7) is 2.32. The molecule has 0 aliphatic carbocycles. The smallest absolute Gasteiger partial charge is 0.416 e. The van der Waals surface area contributed by atoms with Crippen molar-refractivity contribution in [3.63, 3.8) is 0 Å². The molecule has 0 radical (unpaired) electrons. The summed E-state index contributed by atoms with van der Waals surface area (Å²) in [7, 11) is 0. The Morgan fingerprint density at radius 1 is 1.43 bits per heavy atom. The zero-order valence-electron chi connectivity index (χ0n) is 13.5. The molecule has 0 N–H and O–H groups in total. The molecule has 1 aromatic carbocycles. The minimum absolute atomic E-state index is 0.195. The van der Waals surface area contributed by atoms with Gasteiger partial charge in [0.1, 0.15) is 6.61 Å². The third kappa shape index (κ3) is 4.35. The number of terminal acetylenes is 1. The van der Waals surface area contributed by atoms with Crippen LogP contribution in [0, 0.1) is 18.3 Å². The van der Waals surface area contributed by atoms with E-state index in [1.807, 2.05) is 30.3 Å². The molecule has 2 atom stereocenters. The monoisotopic (exact) mass is 313 g/mol. The van der Waals surface area contributed by atoms with Gasteiger partial charge in [-0.05, 0) is 18.4 Å². The number of carbonyl (C=O) groups excluding carboxylic acids is 2. The third-order valence-corrected chi connectivity index (χ3v) is 4.13. The summed E-state index contributed by atoms with van der Waals surface area (Å²) >= 11 is 0. The highest BCUT2D eigenvalue weighted by Crippen LogP contribution is 2.23. The van der Waals surface area contributed by atoms with Gasteiger partial charge < -0.3 is 4.74 Å². The lowest BCUT2D eigenvalue weighted by atomic mass is 9.96. The van der Waals surface area contributed by atoms with Crippen LogP contribution in [0.3, 0.4) is 0 Å². The minimum Gasteiger partial charge on any atom is -0.447 e. The fourth-order valence-corrected chi connectivity index (χ4v) is 2.87. The number of ether oxygens (including phenoxy) is 1. The average molecular weight is 313 g/mol. The van der Waals surface area contributed by atoms with Gasteiger partial charge >= 0.3 is 6.09 Å². The standard InChI is InChI=1S/C19H23NO3/c1-3-5-12-16(9-4-2)18(21)20-17(14-23-19(20)22)13-15-10-7-6-8-11-15/h2,6-8,10-11,16-17H,3,5,9,12-14H2,1H3/t16-,17-/m1/s1. The maximum Gasteiger partial charge on any atom is 0.416 e. The van der Waals surface area contributed by atoms with Crippen molar-refractivity contribution < 1.29 is 14.3 Å². The van der Waals surface area contributed by atoms with Gasteiger partial charge in [0.05, 0.1) is 6.04 Å². The van der Waals surface area contributed by atoms with Gasteiger partial charge in [-0.3, -0.25) is 4.79 Å². The van der Waals surface area contributed by atoms with E-state index >= 15 is 0 Å². The van der Waals surface area contributed by atoms with Gasteiger partial charge in [0, 0.05) is 12.3 Å². The number of unbranched alkanes of at least 4 members (excludes halogenated alkanes) is 1. The van der Waals surface area contributed by atoms with E-state index in [0.717, 1.165) is 18.4 Å². The molecule has 2 rings (SSSR count). The van der Waals surface area contributed by atoms with Crippen molar-refractivity contribution in [3.8, 4) is 12.3 Å². The normalized spacial score (nSPS) is 18.3. The van der Waals surface area contributed by atoms with Gasteiger partial charge in [-0.2, -0.15) is 0 Å². The van der Waals surface area contributed by atoms with Crippen LogP contribution in [0.25, 0.3) is 0 Å². The third-order valence-electron chi connectivity index (χ3n) is 4.13. The van der Waals surface area contributed by atoms with Crippen LogP contribution in [0.15, 0.2) is 30.3 Å². The molecule has 1 saturated heterocycles. The fourth-order valence-electron chi connectivity index (χ4n) is 2.87. The average Bonchev–Trinajstić information content (AvgIpc) is 2.92. The van der Waals surface area contributed by atoms with Crippen molar-refractivity contribution in [1.29, 1.82) is 0 Å². The van der Waals surface area contributed by atoms with E-state index in [1.54, 1.807) is 0 Å². The van der Waals surface area contributed by atoms with Crippen LogP contribution in [0.1, 0.15) is 38.2 Å². The van der Waals surface area contributed by atoms with Gasteiger partial charge in [-0.15, -0.1) is 12.3 Å². The Kier molecular flexibility index (Phi) is 6.22. The molecule has 0 aromatic heterocycles. The van der Waals surface area contributed by atoms with E-state index in [-0.39, 0.29) is 24.5 Å². The lowest BCUT2D eigenvalue weighted by Gasteiger charge is -2.24. The van der Waals surface area contributed by atoms with Crippen LogP contribution in [0.4, 0.5) is 4.79 Å². The second kappa shape index (κ2) is 8.38. The SMILES string of the molecule is C#CC[C@H](CCCC)C(=O)N1C(=O)OC[C@H]1Cc1ccccc1. The number of carbonyl (C=O) groups is 2. The Balaban J connectivity index is 2.11. The fraction of sp³-hybridized carbons (Fsp3) is 0.474. The summed E-state index contributed by atoms with van der Waals surface area (Å²) in [5.41, 5.74) is 1.08. The lowest BCUT2D eigenvalue weighted by Crippen LogP contribution is -2.43. The van der Waals surface area contributed by atoms with E-state index in [9.17, 15) is 9.59 Å². The van der Waals surface area contributed by atoms with Crippen LogP contribution in [0.5, 0.6) is 0 Å². The van der Waals surface area contributed by atoms with Gasteiger partial charge in [0.15, 0.2) is 0 Å². The highest BCUT2D eigenvalue weighted by molar-refractivity contribution is 5.95. The first-order chi connectivity index (χ1) is 11.2. The van der Waals surface area contributed by atoms with Crippen LogP contribution in [-0.2, 0) is 16.0 Å². The first-order valence-corrected chi connectivity index (χ1v) is 8.14. The zero-order chi connectivity index (χ0) is 16.7. The Morgan fingerprint density at radius 3 is 2.83 bits per heavy atom. The van der Waals surface area contributed by atoms with Gasteiger partial charge in [0.25, 0.3) is 0 Å². The summed E-state index contributed by atoms with van der Waals surface area (Å²) < 4.78 is 5.12. The van der Waals surface area contributed by atoms with Gasteiger partial charge in [-0.1, -0.05) is 50.1 Å². The van der Waals surface area contributed by atoms with Crippen LogP contribution in [-0.4, -0.2) is 29.5 Å². The zero-order valence-corrected chi connectivity index (χ0v) is 13.5. The molecule has 122 valence electrons. The van der Waals surface area contributed by atoms with Gasteiger partial charge in [0.2, 0.25) is 5.91 Å². The molecule has 1 aliphatic rings. The van der Waals surface area contributed by atoms with Crippen molar-refractivity contribution in [2.75, 3.05) is 6.61 Å². The molecule has 2 amide bonds. The number of hydrogen-bond acceptors (Lipinski definition) is 3. The van der Waals surface area contributed by atoms with Crippen molar-refractivity contribution in [2.45, 2.75) is 45.1 Å². The van der Waals surface area contributed by atoms with Crippen LogP contribution in [0.2, 0.25) is 0 Å². The van der Waals surface area contributed by atoms with E-state index in [4.69, 9.17) is 11.2 Å². The van der Waals surface area contributed by atoms with Crippen LogP contribution >= 0.6 is 0 Å². The summed E-state index contributed by atoms with van der Waals surface area (Å²) in [4.78, 5) is 26.1. The molecular weight excluding hydrogens is 290 g/mol. The highest BCUT2D eigenvalue weighted by Gasteiger charge is 2.40. The maximum atomic E-state index is 12.8. The van der Waals surface area contributed by atoms with Crippen molar-refractivity contribution in [1.82, 2.24) is 4.90 Å². The van der Waals surface area contributed by atoms with E-state index in [0.29, 0.717) is 19.3 Å². The predicted molar refractivity (Wildman–Crippen MR) is 88.6 cm³/mol. The first-order valence-electron chi connectivity index (χ1n) is 8.14. The second-order valence-electron chi connectivity index (χ2n) is 5.88. The topological polar surface area (TPSA) is 46.6 Å². The summed E-state index contributed by atoms with van der Waals surface area (Å²) in [6, 6.07) is 9.56. The molecule has 0 saturated carbocycles. The number of cyclic esters (lactones) is 1. The molecule has 1 heterocycles. The maximum absolute atomic E-state index is 12.8. The molecule has 1 aromatic rings. The number of nitrogens with zero attached hydrogens (tertiary/aromatic N) is 1. The van der Waals surface area contributed by atoms with E-state index in [2.05, 4.69) is 12.8 Å². The minimum atomic E-state index is -0.547. The number of imide groups is 1. The molecule has 23 heavy (non-hydrogen) atoms. The molecule has 1 fully saturated rings. The number of amides is 2. The first kappa shape index (κ1) is 17.1. The van der Waals surface area contributed by atoms with Crippen LogP contribution < -0.4 is 0 Å². The molecular formula is C19H23NO3. The molecule has 0 bridgehead atoms. The van der Waals surface area contributed by atoms with E-state index in [1.165, 1.54) is 4.90 Å². The van der Waals surface area contributed by atoms with E-state index < -0.39 is 6.09 Å². The second-order valence-corrected chi connectivity index (χ2v) is 5.88. The van der Waals surface area contributed by atoms with Crippen molar-refractivity contribution in [2.24, 2.45) is 5.92 Å². The summed E-state index contributed by atoms with van der Waals surface area (Å²) in [6.07, 6.45) is 8.44. The van der Waals surface area contributed by atoms with Crippen molar-refractivity contribution in [3.05, 3.63) is 35.9 Å². The number of rotatable bonds is 7. The molecule has 0 unspecified atom stereocenters. The number of benzene rings is 1. The Hall–Kier alpha value is -2.28. The largest absolute Gasteiger partial charge is 0.447 e.